The van der Waals surface area contributed by atoms with Crippen molar-refractivity contribution in [1.82, 2.24) is 10.6 Å². The molecule has 2 saturated heterocycles. The molecule has 0 radical (unpaired) electrons. The SMILES string of the molecule is O=C(Nc1cccc(N2CCCNC2=O)c1)C1CCNCC1. The highest BCUT2D eigenvalue weighted by molar-refractivity contribution is 5.96. The average Bonchev–Trinajstić information content (AvgIpc) is 2.56. The fraction of sp³-hybridized carbons (Fsp3) is 0.500. The third kappa shape index (κ3) is 3.39. The maximum absolute atomic E-state index is 12.3. The fourth-order valence-corrected chi connectivity index (χ4v) is 2.96. The van der Waals surface area contributed by atoms with Crippen LogP contribution in [0.25, 0.3) is 0 Å². The second kappa shape index (κ2) is 6.79. The summed E-state index contributed by atoms with van der Waals surface area (Å²) < 4.78 is 0. The Morgan fingerprint density at radius 2 is 2.05 bits per heavy atom. The smallest absolute Gasteiger partial charge is 0.321 e. The van der Waals surface area contributed by atoms with Crippen LogP contribution in [0.15, 0.2) is 24.3 Å². The molecular weight excluding hydrogens is 280 g/mol. The van der Waals surface area contributed by atoms with Crippen LogP contribution in [-0.4, -0.2) is 38.1 Å². The minimum absolute atomic E-state index is 0.0711. The van der Waals surface area contributed by atoms with Gasteiger partial charge in [-0.1, -0.05) is 6.07 Å². The van der Waals surface area contributed by atoms with Gasteiger partial charge in [-0.3, -0.25) is 9.69 Å². The van der Waals surface area contributed by atoms with Gasteiger partial charge in [0, 0.05) is 30.4 Å². The number of nitrogens with one attached hydrogen (secondary N) is 3. The van der Waals surface area contributed by atoms with Crippen LogP contribution >= 0.6 is 0 Å². The average molecular weight is 302 g/mol. The summed E-state index contributed by atoms with van der Waals surface area (Å²) in [6, 6.07) is 7.42. The van der Waals surface area contributed by atoms with Gasteiger partial charge in [0.25, 0.3) is 0 Å². The van der Waals surface area contributed by atoms with Gasteiger partial charge in [-0.15, -0.1) is 0 Å². The topological polar surface area (TPSA) is 73.5 Å². The first kappa shape index (κ1) is 14.8. The zero-order valence-corrected chi connectivity index (χ0v) is 12.6. The molecule has 0 unspecified atom stereocenters. The molecule has 1 aromatic carbocycles. The van der Waals surface area contributed by atoms with Crippen LogP contribution in [0.1, 0.15) is 19.3 Å². The van der Waals surface area contributed by atoms with E-state index in [0.29, 0.717) is 6.54 Å². The van der Waals surface area contributed by atoms with Gasteiger partial charge in [0.2, 0.25) is 5.91 Å². The predicted molar refractivity (Wildman–Crippen MR) is 86.0 cm³/mol. The van der Waals surface area contributed by atoms with Gasteiger partial charge in [-0.2, -0.15) is 0 Å². The molecule has 0 bridgehead atoms. The summed E-state index contributed by atoms with van der Waals surface area (Å²) in [6.45, 7) is 3.22. The summed E-state index contributed by atoms with van der Waals surface area (Å²) in [5, 5.41) is 9.08. The molecule has 3 N–H and O–H groups in total. The lowest BCUT2D eigenvalue weighted by atomic mass is 9.97. The van der Waals surface area contributed by atoms with Crippen LogP contribution in [0.2, 0.25) is 0 Å². The van der Waals surface area contributed by atoms with Gasteiger partial charge < -0.3 is 16.0 Å². The molecule has 1 aromatic rings. The van der Waals surface area contributed by atoms with Crippen molar-refractivity contribution in [3.05, 3.63) is 24.3 Å². The van der Waals surface area contributed by atoms with E-state index in [1.807, 2.05) is 24.3 Å². The van der Waals surface area contributed by atoms with Crippen molar-refractivity contribution < 1.29 is 9.59 Å². The zero-order valence-electron chi connectivity index (χ0n) is 12.6. The molecule has 6 heteroatoms. The number of anilines is 2. The van der Waals surface area contributed by atoms with E-state index in [-0.39, 0.29) is 17.9 Å². The van der Waals surface area contributed by atoms with Gasteiger partial charge in [0.1, 0.15) is 0 Å². The molecule has 22 heavy (non-hydrogen) atoms. The number of urea groups is 1. The Hall–Kier alpha value is -2.08. The van der Waals surface area contributed by atoms with Gasteiger partial charge in [-0.05, 0) is 50.6 Å². The maximum atomic E-state index is 12.3. The number of hydrogen-bond acceptors (Lipinski definition) is 3. The summed E-state index contributed by atoms with van der Waals surface area (Å²) in [4.78, 5) is 25.9. The van der Waals surface area contributed by atoms with Crippen molar-refractivity contribution in [2.75, 3.05) is 36.4 Å². The Morgan fingerprint density at radius 1 is 1.23 bits per heavy atom. The predicted octanol–water partition coefficient (Wildman–Crippen LogP) is 1.54. The molecule has 0 aliphatic carbocycles. The van der Waals surface area contributed by atoms with E-state index in [1.165, 1.54) is 0 Å². The van der Waals surface area contributed by atoms with E-state index in [0.717, 1.165) is 50.3 Å². The van der Waals surface area contributed by atoms with Crippen molar-refractivity contribution in [2.24, 2.45) is 5.92 Å². The Morgan fingerprint density at radius 3 is 2.82 bits per heavy atom. The molecule has 0 saturated carbocycles. The minimum Gasteiger partial charge on any atom is -0.338 e. The lowest BCUT2D eigenvalue weighted by Crippen LogP contribution is -2.46. The Kier molecular flexibility index (Phi) is 4.58. The number of hydrogen-bond donors (Lipinski definition) is 3. The highest BCUT2D eigenvalue weighted by Crippen LogP contribution is 2.22. The first-order valence-electron chi connectivity index (χ1n) is 7.91. The zero-order chi connectivity index (χ0) is 15.4. The van der Waals surface area contributed by atoms with Crippen LogP contribution < -0.4 is 20.9 Å². The van der Waals surface area contributed by atoms with Crippen LogP contribution in [0.3, 0.4) is 0 Å². The highest BCUT2D eigenvalue weighted by Gasteiger charge is 2.22. The Labute approximate surface area is 130 Å². The van der Waals surface area contributed by atoms with Crippen molar-refractivity contribution in [2.45, 2.75) is 19.3 Å². The molecule has 0 atom stereocenters. The molecule has 3 amide bonds. The third-order valence-corrected chi connectivity index (χ3v) is 4.22. The van der Waals surface area contributed by atoms with E-state index < -0.39 is 0 Å². The minimum atomic E-state index is -0.0759. The van der Waals surface area contributed by atoms with Crippen molar-refractivity contribution in [1.29, 1.82) is 0 Å². The first-order valence-corrected chi connectivity index (χ1v) is 7.91. The molecule has 2 aliphatic rings. The fourth-order valence-electron chi connectivity index (χ4n) is 2.96. The highest BCUT2D eigenvalue weighted by atomic mass is 16.2. The summed E-state index contributed by atoms with van der Waals surface area (Å²) >= 11 is 0. The largest absolute Gasteiger partial charge is 0.338 e. The lowest BCUT2D eigenvalue weighted by molar-refractivity contribution is -0.120. The van der Waals surface area contributed by atoms with E-state index in [4.69, 9.17) is 0 Å². The summed E-state index contributed by atoms with van der Waals surface area (Å²) in [6.07, 6.45) is 2.68. The van der Waals surface area contributed by atoms with Gasteiger partial charge in [0.05, 0.1) is 0 Å². The molecule has 2 aliphatic heterocycles. The molecule has 0 aromatic heterocycles. The molecule has 2 fully saturated rings. The van der Waals surface area contributed by atoms with E-state index >= 15 is 0 Å². The van der Waals surface area contributed by atoms with Gasteiger partial charge in [0.15, 0.2) is 0 Å². The monoisotopic (exact) mass is 302 g/mol. The number of rotatable bonds is 3. The number of piperidine rings is 1. The molecule has 3 rings (SSSR count). The van der Waals surface area contributed by atoms with Crippen molar-refractivity contribution in [3.8, 4) is 0 Å². The number of carbonyl (C=O) groups excluding carboxylic acids is 2. The third-order valence-electron chi connectivity index (χ3n) is 4.22. The maximum Gasteiger partial charge on any atom is 0.321 e. The van der Waals surface area contributed by atoms with Crippen molar-refractivity contribution in [3.63, 3.8) is 0 Å². The quantitative estimate of drug-likeness (QED) is 0.793. The van der Waals surface area contributed by atoms with E-state index in [2.05, 4.69) is 16.0 Å². The Bertz CT molecular complexity index is 555. The van der Waals surface area contributed by atoms with E-state index in [1.54, 1.807) is 4.90 Å². The summed E-state index contributed by atoms with van der Waals surface area (Å²) in [5.74, 6) is 0.143. The van der Waals surface area contributed by atoms with Gasteiger partial charge in [-0.25, -0.2) is 4.79 Å². The molecular formula is C16H22N4O2. The number of amides is 3. The second-order valence-electron chi connectivity index (χ2n) is 5.80. The number of benzene rings is 1. The lowest BCUT2D eigenvalue weighted by Gasteiger charge is -2.28. The summed E-state index contributed by atoms with van der Waals surface area (Å²) in [5.41, 5.74) is 1.57. The van der Waals surface area contributed by atoms with Crippen LogP contribution in [0, 0.1) is 5.92 Å². The second-order valence-corrected chi connectivity index (χ2v) is 5.80. The summed E-state index contributed by atoms with van der Waals surface area (Å²) in [7, 11) is 0. The van der Waals surface area contributed by atoms with Crippen LogP contribution in [0.4, 0.5) is 16.2 Å². The number of nitrogens with zero attached hydrogens (tertiary/aromatic N) is 1. The van der Waals surface area contributed by atoms with E-state index in [9.17, 15) is 9.59 Å². The van der Waals surface area contributed by atoms with Gasteiger partial charge >= 0.3 is 6.03 Å². The molecule has 2 heterocycles. The first-order chi connectivity index (χ1) is 10.7. The normalized spacial score (nSPS) is 19.6. The van der Waals surface area contributed by atoms with Crippen LogP contribution in [0.5, 0.6) is 0 Å². The molecule has 6 nitrogen and oxygen atoms in total. The van der Waals surface area contributed by atoms with Crippen LogP contribution in [-0.2, 0) is 4.79 Å². The Balaban J connectivity index is 1.68. The number of carbonyl (C=O) groups is 2. The standard InChI is InChI=1S/C16H22N4O2/c21-15(12-5-8-17-9-6-12)19-13-3-1-4-14(11-13)20-10-2-7-18-16(20)22/h1,3-4,11-12,17H,2,5-10H2,(H,18,22)(H,19,21). The van der Waals surface area contributed by atoms with Crippen molar-refractivity contribution >= 4 is 23.3 Å². The molecule has 118 valence electrons. The molecule has 0 spiro atoms.